The van der Waals surface area contributed by atoms with Crippen LogP contribution in [0.4, 0.5) is 8.78 Å². The summed E-state index contributed by atoms with van der Waals surface area (Å²) in [5, 5.41) is 0. The molecule has 0 bridgehead atoms. The lowest BCUT2D eigenvalue weighted by atomic mass is 9.90. The fraction of sp³-hybridized carbons (Fsp3) is 1.00. The Morgan fingerprint density at radius 3 is 2.64 bits per heavy atom. The van der Waals surface area contributed by atoms with Gasteiger partial charge in [-0.25, -0.2) is 8.78 Å². The smallest absolute Gasteiger partial charge is 0.253 e. The number of hydrogen-bond donors (Lipinski definition) is 0. The zero-order valence-electron chi connectivity index (χ0n) is 8.51. The minimum Gasteiger partial charge on any atom is -0.378 e. The van der Waals surface area contributed by atoms with Gasteiger partial charge in [0.25, 0.3) is 5.92 Å². The topological polar surface area (TPSA) is 12.5 Å². The molecule has 0 spiro atoms. The highest BCUT2D eigenvalue weighted by atomic mass is 19.3. The molecule has 1 unspecified atom stereocenters. The Bertz CT molecular complexity index is 206. The van der Waals surface area contributed by atoms with Gasteiger partial charge in [-0.15, -0.1) is 0 Å². The molecule has 2 rings (SSSR count). The molecule has 0 aromatic carbocycles. The van der Waals surface area contributed by atoms with E-state index < -0.39 is 11.8 Å². The minimum atomic E-state index is -2.45. The number of piperidine rings is 1. The zero-order valence-corrected chi connectivity index (χ0v) is 8.51. The number of ether oxygens (including phenoxy) is 1. The summed E-state index contributed by atoms with van der Waals surface area (Å²) >= 11 is 0. The van der Waals surface area contributed by atoms with Crippen LogP contribution in [-0.4, -0.2) is 43.2 Å². The van der Waals surface area contributed by atoms with E-state index in [0.29, 0.717) is 25.6 Å². The summed E-state index contributed by atoms with van der Waals surface area (Å²) in [6, 6.07) is 0.403. The molecule has 2 aliphatic rings. The van der Waals surface area contributed by atoms with Gasteiger partial charge in [0, 0.05) is 25.4 Å². The fourth-order valence-corrected chi connectivity index (χ4v) is 2.20. The molecule has 0 amide bonds. The maximum atomic E-state index is 13.4. The van der Waals surface area contributed by atoms with Crippen molar-refractivity contribution < 1.29 is 13.5 Å². The highest BCUT2D eigenvalue weighted by Gasteiger charge is 2.44. The molecule has 0 aromatic heterocycles. The molecule has 2 saturated heterocycles. The molecule has 1 atom stereocenters. The van der Waals surface area contributed by atoms with Crippen LogP contribution in [0.25, 0.3) is 0 Å². The Labute approximate surface area is 83.2 Å². The molecule has 0 radical (unpaired) electrons. The summed E-state index contributed by atoms with van der Waals surface area (Å²) in [6.45, 7) is 4.36. The molecule has 2 nitrogen and oxygen atoms in total. The van der Waals surface area contributed by atoms with Crippen LogP contribution in [-0.2, 0) is 4.74 Å². The van der Waals surface area contributed by atoms with Crippen molar-refractivity contribution in [1.29, 1.82) is 0 Å². The first-order valence-electron chi connectivity index (χ1n) is 5.33. The van der Waals surface area contributed by atoms with Crippen molar-refractivity contribution in [3.8, 4) is 0 Å². The number of hydrogen-bond acceptors (Lipinski definition) is 2. The Kier molecular flexibility index (Phi) is 2.75. The van der Waals surface area contributed by atoms with E-state index in [-0.39, 0.29) is 6.42 Å². The van der Waals surface area contributed by atoms with Gasteiger partial charge in [-0.05, 0) is 6.42 Å². The molecule has 2 aliphatic heterocycles. The minimum absolute atomic E-state index is 0.0159. The van der Waals surface area contributed by atoms with Gasteiger partial charge in [0.1, 0.15) is 0 Å². The fourth-order valence-electron chi connectivity index (χ4n) is 2.20. The molecule has 0 N–H and O–H groups in total. The molecular weight excluding hydrogens is 188 g/mol. The van der Waals surface area contributed by atoms with E-state index in [0.717, 1.165) is 13.2 Å². The van der Waals surface area contributed by atoms with E-state index in [1.54, 1.807) is 0 Å². The third kappa shape index (κ3) is 1.77. The Morgan fingerprint density at radius 1 is 1.43 bits per heavy atom. The van der Waals surface area contributed by atoms with E-state index in [1.807, 2.05) is 6.92 Å². The molecule has 0 aliphatic carbocycles. The van der Waals surface area contributed by atoms with Crippen molar-refractivity contribution in [3.05, 3.63) is 0 Å². The predicted octanol–water partition coefficient (Wildman–Crippen LogP) is 1.75. The van der Waals surface area contributed by atoms with Crippen molar-refractivity contribution in [2.45, 2.75) is 31.7 Å². The van der Waals surface area contributed by atoms with E-state index in [2.05, 4.69) is 4.90 Å². The average molecular weight is 205 g/mol. The van der Waals surface area contributed by atoms with Crippen LogP contribution in [0.3, 0.4) is 0 Å². The van der Waals surface area contributed by atoms with Crippen LogP contribution in [0.15, 0.2) is 0 Å². The maximum absolute atomic E-state index is 13.4. The number of likely N-dealkylation sites (tertiary alicyclic amines) is 1. The standard InChI is InChI=1S/C10H17F2NO/c1-2-8-5-13(9-6-14-7-9)4-3-10(8,11)12/h8-9H,2-7H2,1H3. The van der Waals surface area contributed by atoms with E-state index >= 15 is 0 Å². The lowest BCUT2D eigenvalue weighted by Crippen LogP contribution is -2.56. The molecule has 0 saturated carbocycles. The first-order valence-corrected chi connectivity index (χ1v) is 5.33. The van der Waals surface area contributed by atoms with Crippen molar-refractivity contribution in [2.75, 3.05) is 26.3 Å². The van der Waals surface area contributed by atoms with Crippen LogP contribution in [0.5, 0.6) is 0 Å². The monoisotopic (exact) mass is 205 g/mol. The van der Waals surface area contributed by atoms with Gasteiger partial charge in [-0.1, -0.05) is 6.92 Å². The third-order valence-corrected chi connectivity index (χ3v) is 3.41. The van der Waals surface area contributed by atoms with Crippen LogP contribution in [0.2, 0.25) is 0 Å². The summed E-state index contributed by atoms with van der Waals surface area (Å²) in [5.74, 6) is -2.91. The third-order valence-electron chi connectivity index (χ3n) is 3.41. The van der Waals surface area contributed by atoms with Crippen molar-refractivity contribution in [2.24, 2.45) is 5.92 Å². The second kappa shape index (κ2) is 3.74. The Morgan fingerprint density at radius 2 is 2.14 bits per heavy atom. The molecule has 82 valence electrons. The Balaban J connectivity index is 1.93. The first kappa shape index (κ1) is 10.3. The molecule has 4 heteroatoms. The van der Waals surface area contributed by atoms with Crippen LogP contribution in [0.1, 0.15) is 19.8 Å². The quantitative estimate of drug-likeness (QED) is 0.681. The molecule has 0 aromatic rings. The second-order valence-corrected chi connectivity index (χ2v) is 4.30. The first-order chi connectivity index (χ1) is 6.63. The van der Waals surface area contributed by atoms with Gasteiger partial charge in [-0.2, -0.15) is 0 Å². The number of alkyl halides is 2. The van der Waals surface area contributed by atoms with Gasteiger partial charge in [0.15, 0.2) is 0 Å². The van der Waals surface area contributed by atoms with E-state index in [1.165, 1.54) is 0 Å². The summed E-state index contributed by atoms with van der Waals surface area (Å²) in [7, 11) is 0. The lowest BCUT2D eigenvalue weighted by molar-refractivity contribution is -0.143. The molecule has 14 heavy (non-hydrogen) atoms. The van der Waals surface area contributed by atoms with E-state index in [4.69, 9.17) is 4.74 Å². The molecule has 2 heterocycles. The van der Waals surface area contributed by atoms with Gasteiger partial charge < -0.3 is 4.74 Å². The van der Waals surface area contributed by atoms with Crippen LogP contribution in [0, 0.1) is 5.92 Å². The normalized spacial score (nSPS) is 34.1. The summed E-state index contributed by atoms with van der Waals surface area (Å²) in [5.41, 5.74) is 0. The number of rotatable bonds is 2. The number of halogens is 2. The maximum Gasteiger partial charge on any atom is 0.253 e. The van der Waals surface area contributed by atoms with Gasteiger partial charge >= 0.3 is 0 Å². The van der Waals surface area contributed by atoms with Crippen molar-refractivity contribution in [1.82, 2.24) is 4.90 Å². The summed E-state index contributed by atoms with van der Waals surface area (Å²) < 4.78 is 31.8. The molecule has 2 fully saturated rings. The molecular formula is C10H17F2NO. The number of nitrogens with zero attached hydrogens (tertiary/aromatic N) is 1. The van der Waals surface area contributed by atoms with Crippen molar-refractivity contribution >= 4 is 0 Å². The van der Waals surface area contributed by atoms with E-state index in [9.17, 15) is 8.78 Å². The largest absolute Gasteiger partial charge is 0.378 e. The second-order valence-electron chi connectivity index (χ2n) is 4.30. The summed E-state index contributed by atoms with van der Waals surface area (Å²) in [4.78, 5) is 2.16. The van der Waals surface area contributed by atoms with Crippen LogP contribution < -0.4 is 0 Å². The SMILES string of the molecule is CCC1CN(C2COC2)CCC1(F)F. The van der Waals surface area contributed by atoms with Crippen molar-refractivity contribution in [3.63, 3.8) is 0 Å². The Hall–Kier alpha value is -0.220. The van der Waals surface area contributed by atoms with Gasteiger partial charge in [0.2, 0.25) is 0 Å². The highest BCUT2D eigenvalue weighted by Crippen LogP contribution is 2.36. The van der Waals surface area contributed by atoms with Crippen LogP contribution >= 0.6 is 0 Å². The lowest BCUT2D eigenvalue weighted by Gasteiger charge is -2.44. The van der Waals surface area contributed by atoms with Gasteiger partial charge in [-0.3, -0.25) is 4.90 Å². The zero-order chi connectivity index (χ0) is 10.2. The van der Waals surface area contributed by atoms with Gasteiger partial charge in [0.05, 0.1) is 19.3 Å². The summed E-state index contributed by atoms with van der Waals surface area (Å²) in [6.07, 6.45) is 0.582. The average Bonchev–Trinajstić information content (AvgIpc) is 2.04. The predicted molar refractivity (Wildman–Crippen MR) is 49.5 cm³/mol. The highest BCUT2D eigenvalue weighted by molar-refractivity contribution is 4.89.